The van der Waals surface area contributed by atoms with Crippen LogP contribution in [0.1, 0.15) is 26.3 Å². The van der Waals surface area contributed by atoms with Gasteiger partial charge >= 0.3 is 0 Å². The maximum Gasteiger partial charge on any atom is 0.250 e. The third-order valence-electron chi connectivity index (χ3n) is 4.58. The summed E-state index contributed by atoms with van der Waals surface area (Å²) in [6, 6.07) is 17.0. The van der Waals surface area contributed by atoms with Crippen LogP contribution in [0.2, 0.25) is 18.1 Å². The number of benzene rings is 2. The fourth-order valence-corrected chi connectivity index (χ4v) is 4.42. The van der Waals surface area contributed by atoms with Crippen LogP contribution in [0.5, 0.6) is 5.75 Å². The van der Waals surface area contributed by atoms with E-state index < -0.39 is 8.32 Å². The molecule has 0 bridgehead atoms. The summed E-state index contributed by atoms with van der Waals surface area (Å²) in [7, 11) is -1.79. The zero-order valence-electron chi connectivity index (χ0n) is 15.2. The highest BCUT2D eigenvalue weighted by Crippen LogP contribution is 2.38. The molecular formula is C20H27BrOSSi. The monoisotopic (exact) mass is 422 g/mol. The van der Waals surface area contributed by atoms with E-state index in [-0.39, 0.29) is 5.04 Å². The molecule has 2 rings (SSSR count). The molecule has 0 heterocycles. The summed E-state index contributed by atoms with van der Waals surface area (Å²) in [5, 5.41) is 0.212. The van der Waals surface area contributed by atoms with Gasteiger partial charge in [0.1, 0.15) is 5.75 Å². The molecule has 0 radical (unpaired) electrons. The molecule has 0 spiro atoms. The molecule has 4 heteroatoms. The van der Waals surface area contributed by atoms with Crippen LogP contribution in [-0.4, -0.2) is 14.1 Å². The molecule has 2 aromatic rings. The van der Waals surface area contributed by atoms with E-state index in [0.717, 1.165) is 17.9 Å². The molecule has 2 aromatic carbocycles. The zero-order chi connectivity index (χ0) is 17.8. The number of hydrogen-bond donors (Lipinski definition) is 0. The molecule has 24 heavy (non-hydrogen) atoms. The standard InChI is InChI=1S/C20H27BrOSSi/c1-20(2,3)24(4,5)22-17-11-12-19(21)16(15-17)13-14-23-18-9-7-6-8-10-18/h6-12,15H,13-14H2,1-5H3. The SMILES string of the molecule is CC(C)(C)[Si](C)(C)Oc1ccc(Br)c(CCSc2ccccc2)c1. The minimum absolute atomic E-state index is 0.212. The number of hydrogen-bond acceptors (Lipinski definition) is 2. The van der Waals surface area contributed by atoms with Crippen molar-refractivity contribution in [2.45, 2.75) is 50.2 Å². The summed E-state index contributed by atoms with van der Waals surface area (Å²) in [6.07, 6.45) is 1.02. The van der Waals surface area contributed by atoms with Crippen LogP contribution >= 0.6 is 27.7 Å². The lowest BCUT2D eigenvalue weighted by atomic mass is 10.2. The molecule has 0 saturated carbocycles. The van der Waals surface area contributed by atoms with Crippen molar-refractivity contribution in [2.75, 3.05) is 5.75 Å². The van der Waals surface area contributed by atoms with Crippen LogP contribution < -0.4 is 4.43 Å². The first-order valence-corrected chi connectivity index (χ1v) is 13.0. The van der Waals surface area contributed by atoms with Gasteiger partial charge in [-0.3, -0.25) is 0 Å². The molecule has 0 atom stereocenters. The van der Waals surface area contributed by atoms with Gasteiger partial charge in [0.2, 0.25) is 8.32 Å². The van der Waals surface area contributed by atoms with Crippen molar-refractivity contribution >= 4 is 36.0 Å². The maximum atomic E-state index is 6.44. The quantitative estimate of drug-likeness (QED) is 0.360. The van der Waals surface area contributed by atoms with Crippen LogP contribution in [-0.2, 0) is 6.42 Å². The molecule has 0 aliphatic heterocycles. The summed E-state index contributed by atoms with van der Waals surface area (Å²) in [4.78, 5) is 1.32. The predicted octanol–water partition coefficient (Wildman–Crippen LogP) is 7.17. The van der Waals surface area contributed by atoms with E-state index in [0.29, 0.717) is 0 Å². The molecule has 0 N–H and O–H groups in total. The normalized spacial score (nSPS) is 12.2. The van der Waals surface area contributed by atoms with Gasteiger partial charge in [-0.2, -0.15) is 0 Å². The van der Waals surface area contributed by atoms with E-state index in [2.05, 4.69) is 98.3 Å². The highest BCUT2D eigenvalue weighted by Gasteiger charge is 2.38. The first-order valence-electron chi connectivity index (χ1n) is 8.34. The van der Waals surface area contributed by atoms with Gasteiger partial charge in [0, 0.05) is 15.1 Å². The average molecular weight is 423 g/mol. The van der Waals surface area contributed by atoms with Crippen molar-refractivity contribution in [3.8, 4) is 5.75 Å². The Hall–Kier alpha value is -0.713. The van der Waals surface area contributed by atoms with Gasteiger partial charge in [0.05, 0.1) is 0 Å². The van der Waals surface area contributed by atoms with Crippen LogP contribution in [0.15, 0.2) is 57.9 Å². The van der Waals surface area contributed by atoms with Crippen molar-refractivity contribution in [3.05, 3.63) is 58.6 Å². The summed E-state index contributed by atoms with van der Waals surface area (Å²) >= 11 is 5.58. The molecule has 0 aliphatic carbocycles. The van der Waals surface area contributed by atoms with Gasteiger partial charge < -0.3 is 4.43 Å². The second-order valence-electron chi connectivity index (χ2n) is 7.53. The molecule has 1 nitrogen and oxygen atoms in total. The predicted molar refractivity (Wildman–Crippen MR) is 113 cm³/mol. The Morgan fingerprint density at radius 1 is 1.04 bits per heavy atom. The number of halogens is 1. The van der Waals surface area contributed by atoms with Crippen LogP contribution in [0.25, 0.3) is 0 Å². The largest absolute Gasteiger partial charge is 0.543 e. The molecule has 0 saturated heterocycles. The van der Waals surface area contributed by atoms with Gasteiger partial charge in [-0.25, -0.2) is 0 Å². The highest BCUT2D eigenvalue weighted by atomic mass is 79.9. The van der Waals surface area contributed by atoms with Crippen molar-refractivity contribution in [1.82, 2.24) is 0 Å². The molecule has 0 aliphatic rings. The number of rotatable bonds is 6. The minimum atomic E-state index is -1.79. The van der Waals surface area contributed by atoms with Crippen LogP contribution in [0.3, 0.4) is 0 Å². The van der Waals surface area contributed by atoms with E-state index in [1.807, 2.05) is 11.8 Å². The third-order valence-corrected chi connectivity index (χ3v) is 10.7. The Kier molecular flexibility index (Phi) is 6.63. The molecule has 130 valence electrons. The first kappa shape index (κ1) is 19.6. The molecule has 0 unspecified atom stereocenters. The average Bonchev–Trinajstić information content (AvgIpc) is 2.50. The zero-order valence-corrected chi connectivity index (χ0v) is 18.6. The molecule has 0 aromatic heterocycles. The van der Waals surface area contributed by atoms with Gasteiger partial charge in [0.15, 0.2) is 0 Å². The fourth-order valence-electron chi connectivity index (χ4n) is 2.05. The Morgan fingerprint density at radius 2 is 1.71 bits per heavy atom. The smallest absolute Gasteiger partial charge is 0.250 e. The summed E-state index contributed by atoms with van der Waals surface area (Å²) in [5.74, 6) is 2.07. The lowest BCUT2D eigenvalue weighted by molar-refractivity contribution is 0.491. The minimum Gasteiger partial charge on any atom is -0.543 e. The van der Waals surface area contributed by atoms with E-state index in [1.165, 1.54) is 14.9 Å². The van der Waals surface area contributed by atoms with E-state index in [9.17, 15) is 0 Å². The molecule has 0 amide bonds. The summed E-state index contributed by atoms with van der Waals surface area (Å²) in [6.45, 7) is 11.4. The molecule has 0 fully saturated rings. The second-order valence-corrected chi connectivity index (χ2v) is 14.3. The Balaban J connectivity index is 2.03. The van der Waals surface area contributed by atoms with Crippen LogP contribution in [0, 0.1) is 0 Å². The Bertz CT molecular complexity index is 665. The lowest BCUT2D eigenvalue weighted by Gasteiger charge is -2.36. The van der Waals surface area contributed by atoms with E-state index in [4.69, 9.17) is 4.43 Å². The topological polar surface area (TPSA) is 9.23 Å². The molecular weight excluding hydrogens is 396 g/mol. The van der Waals surface area contributed by atoms with Crippen molar-refractivity contribution in [3.63, 3.8) is 0 Å². The van der Waals surface area contributed by atoms with Crippen LogP contribution in [0.4, 0.5) is 0 Å². The summed E-state index contributed by atoms with van der Waals surface area (Å²) in [5.41, 5.74) is 1.31. The van der Waals surface area contributed by atoms with Gasteiger partial charge in [0.25, 0.3) is 0 Å². The van der Waals surface area contributed by atoms with E-state index in [1.54, 1.807) is 0 Å². The number of aryl methyl sites for hydroxylation is 1. The van der Waals surface area contributed by atoms with Gasteiger partial charge in [-0.1, -0.05) is 54.9 Å². The Morgan fingerprint density at radius 3 is 2.33 bits per heavy atom. The van der Waals surface area contributed by atoms with Crippen molar-refractivity contribution in [2.24, 2.45) is 0 Å². The Labute approximate surface area is 160 Å². The second kappa shape index (κ2) is 8.11. The van der Waals surface area contributed by atoms with Crippen molar-refractivity contribution < 1.29 is 4.43 Å². The van der Waals surface area contributed by atoms with E-state index >= 15 is 0 Å². The first-order chi connectivity index (χ1) is 11.2. The number of thioether (sulfide) groups is 1. The van der Waals surface area contributed by atoms with Gasteiger partial charge in [-0.15, -0.1) is 11.8 Å². The third kappa shape index (κ3) is 5.40. The van der Waals surface area contributed by atoms with Crippen molar-refractivity contribution in [1.29, 1.82) is 0 Å². The highest BCUT2D eigenvalue weighted by molar-refractivity contribution is 9.10. The fraction of sp³-hybridized carbons (Fsp3) is 0.400. The maximum absolute atomic E-state index is 6.44. The van der Waals surface area contributed by atoms with Gasteiger partial charge in [-0.05, 0) is 60.4 Å². The lowest BCUT2D eigenvalue weighted by Crippen LogP contribution is -2.43. The summed E-state index contributed by atoms with van der Waals surface area (Å²) < 4.78 is 7.60.